The van der Waals surface area contributed by atoms with E-state index < -0.39 is 0 Å². The SMILES string of the molecule is CCc1cnccc1-c1noc(C2(CC)CCNC2)n1. The van der Waals surface area contributed by atoms with Gasteiger partial charge in [-0.05, 0) is 37.4 Å². The molecule has 1 fully saturated rings. The topological polar surface area (TPSA) is 63.8 Å². The predicted molar refractivity (Wildman–Crippen MR) is 76.4 cm³/mol. The number of aryl methyl sites for hydroxylation is 1. The Kier molecular flexibility index (Phi) is 3.53. The molecular formula is C15H20N4O. The summed E-state index contributed by atoms with van der Waals surface area (Å²) >= 11 is 0. The van der Waals surface area contributed by atoms with Crippen LogP contribution in [-0.2, 0) is 11.8 Å². The third-order valence-corrected chi connectivity index (χ3v) is 4.33. The summed E-state index contributed by atoms with van der Waals surface area (Å²) in [5.74, 6) is 1.44. The number of aromatic nitrogens is 3. The first-order valence-corrected chi connectivity index (χ1v) is 7.27. The van der Waals surface area contributed by atoms with Crippen molar-refractivity contribution < 1.29 is 4.52 Å². The highest BCUT2D eigenvalue weighted by Crippen LogP contribution is 2.34. The fourth-order valence-corrected chi connectivity index (χ4v) is 2.85. The Morgan fingerprint density at radius 1 is 1.40 bits per heavy atom. The van der Waals surface area contributed by atoms with Crippen LogP contribution in [0.2, 0.25) is 0 Å². The van der Waals surface area contributed by atoms with Gasteiger partial charge < -0.3 is 9.84 Å². The van der Waals surface area contributed by atoms with Gasteiger partial charge in [-0.2, -0.15) is 4.98 Å². The zero-order valence-electron chi connectivity index (χ0n) is 12.0. The molecule has 1 aliphatic heterocycles. The molecule has 3 heterocycles. The first-order valence-electron chi connectivity index (χ1n) is 7.27. The van der Waals surface area contributed by atoms with Crippen molar-refractivity contribution in [3.8, 4) is 11.4 Å². The maximum Gasteiger partial charge on any atom is 0.234 e. The minimum absolute atomic E-state index is 0.00462. The molecule has 1 atom stereocenters. The molecule has 106 valence electrons. The Hall–Kier alpha value is -1.75. The molecule has 5 heteroatoms. The summed E-state index contributed by atoms with van der Waals surface area (Å²) in [6.07, 6.45) is 6.63. The molecule has 0 bridgehead atoms. The van der Waals surface area contributed by atoms with E-state index in [0.29, 0.717) is 5.82 Å². The van der Waals surface area contributed by atoms with E-state index >= 15 is 0 Å². The average Bonchev–Trinajstić information content (AvgIpc) is 3.16. The number of hydrogen-bond donors (Lipinski definition) is 1. The first-order chi connectivity index (χ1) is 9.79. The van der Waals surface area contributed by atoms with E-state index in [1.54, 1.807) is 6.20 Å². The largest absolute Gasteiger partial charge is 0.338 e. The van der Waals surface area contributed by atoms with Gasteiger partial charge in [0.25, 0.3) is 0 Å². The van der Waals surface area contributed by atoms with Crippen LogP contribution in [0.1, 0.15) is 38.1 Å². The second-order valence-corrected chi connectivity index (χ2v) is 5.37. The second kappa shape index (κ2) is 5.32. The van der Waals surface area contributed by atoms with Crippen molar-refractivity contribution in [2.24, 2.45) is 0 Å². The van der Waals surface area contributed by atoms with Crippen LogP contribution in [0.15, 0.2) is 23.0 Å². The van der Waals surface area contributed by atoms with E-state index in [2.05, 4.69) is 34.3 Å². The Morgan fingerprint density at radius 2 is 2.30 bits per heavy atom. The van der Waals surface area contributed by atoms with Crippen molar-refractivity contribution >= 4 is 0 Å². The van der Waals surface area contributed by atoms with Gasteiger partial charge in [-0.1, -0.05) is 19.0 Å². The third kappa shape index (κ3) is 2.12. The quantitative estimate of drug-likeness (QED) is 0.925. The van der Waals surface area contributed by atoms with Gasteiger partial charge in [0.1, 0.15) is 0 Å². The maximum absolute atomic E-state index is 5.58. The highest BCUT2D eigenvalue weighted by Gasteiger charge is 2.39. The Labute approximate surface area is 118 Å². The van der Waals surface area contributed by atoms with Crippen molar-refractivity contribution in [3.05, 3.63) is 29.9 Å². The zero-order chi connectivity index (χ0) is 14.0. The van der Waals surface area contributed by atoms with Crippen LogP contribution in [0, 0.1) is 0 Å². The monoisotopic (exact) mass is 272 g/mol. The normalized spacial score (nSPS) is 22.3. The van der Waals surface area contributed by atoms with Crippen LogP contribution in [0.5, 0.6) is 0 Å². The smallest absolute Gasteiger partial charge is 0.234 e. The average molecular weight is 272 g/mol. The highest BCUT2D eigenvalue weighted by atomic mass is 16.5. The summed E-state index contributed by atoms with van der Waals surface area (Å²) in [6.45, 7) is 6.22. The van der Waals surface area contributed by atoms with Gasteiger partial charge in [0.05, 0.1) is 5.41 Å². The van der Waals surface area contributed by atoms with E-state index in [0.717, 1.165) is 49.4 Å². The standard InChI is InChI=1S/C15H20N4O/c1-3-11-9-16-7-5-12(11)13-18-14(20-19-13)15(4-2)6-8-17-10-15/h5,7,9,17H,3-4,6,8,10H2,1-2H3. The number of hydrogen-bond acceptors (Lipinski definition) is 5. The van der Waals surface area contributed by atoms with Gasteiger partial charge in [-0.3, -0.25) is 4.98 Å². The lowest BCUT2D eigenvalue weighted by atomic mass is 9.84. The molecule has 1 saturated heterocycles. The maximum atomic E-state index is 5.58. The van der Waals surface area contributed by atoms with Crippen LogP contribution >= 0.6 is 0 Å². The molecule has 0 radical (unpaired) electrons. The lowest BCUT2D eigenvalue weighted by Crippen LogP contribution is -2.28. The fraction of sp³-hybridized carbons (Fsp3) is 0.533. The molecule has 0 aromatic carbocycles. The summed E-state index contributed by atoms with van der Waals surface area (Å²) in [7, 11) is 0. The molecule has 0 saturated carbocycles. The Balaban J connectivity index is 1.98. The zero-order valence-corrected chi connectivity index (χ0v) is 12.0. The molecule has 0 aliphatic carbocycles. The van der Waals surface area contributed by atoms with Crippen LogP contribution in [0.4, 0.5) is 0 Å². The van der Waals surface area contributed by atoms with Crippen LogP contribution in [0.3, 0.4) is 0 Å². The van der Waals surface area contributed by atoms with Crippen molar-refractivity contribution in [2.75, 3.05) is 13.1 Å². The molecule has 0 amide bonds. The summed E-state index contributed by atoms with van der Waals surface area (Å²) in [6, 6.07) is 1.96. The minimum Gasteiger partial charge on any atom is -0.338 e. The fourth-order valence-electron chi connectivity index (χ4n) is 2.85. The number of nitrogens with one attached hydrogen (secondary N) is 1. The molecule has 20 heavy (non-hydrogen) atoms. The van der Waals surface area contributed by atoms with E-state index in [1.807, 2.05) is 12.3 Å². The Morgan fingerprint density at radius 3 is 3.00 bits per heavy atom. The van der Waals surface area contributed by atoms with Crippen LogP contribution in [0.25, 0.3) is 11.4 Å². The number of nitrogens with zero attached hydrogens (tertiary/aromatic N) is 3. The van der Waals surface area contributed by atoms with Crippen molar-refractivity contribution in [2.45, 2.75) is 38.5 Å². The van der Waals surface area contributed by atoms with Gasteiger partial charge in [-0.15, -0.1) is 0 Å². The van der Waals surface area contributed by atoms with Crippen LogP contribution < -0.4 is 5.32 Å². The summed E-state index contributed by atoms with van der Waals surface area (Å²) in [5.41, 5.74) is 2.18. The second-order valence-electron chi connectivity index (χ2n) is 5.37. The van der Waals surface area contributed by atoms with E-state index in [1.165, 1.54) is 0 Å². The Bertz CT molecular complexity index is 587. The molecule has 1 unspecified atom stereocenters. The van der Waals surface area contributed by atoms with Crippen molar-refractivity contribution in [1.82, 2.24) is 20.4 Å². The summed E-state index contributed by atoms with van der Waals surface area (Å²) in [5, 5.41) is 7.59. The number of rotatable bonds is 4. The molecule has 0 spiro atoms. The molecule has 2 aromatic rings. The van der Waals surface area contributed by atoms with Crippen molar-refractivity contribution in [3.63, 3.8) is 0 Å². The molecule has 3 rings (SSSR count). The van der Waals surface area contributed by atoms with Gasteiger partial charge in [0.15, 0.2) is 0 Å². The molecule has 5 nitrogen and oxygen atoms in total. The van der Waals surface area contributed by atoms with E-state index in [4.69, 9.17) is 4.52 Å². The minimum atomic E-state index is 0.00462. The first kappa shape index (κ1) is 13.2. The molecule has 2 aromatic heterocycles. The summed E-state index contributed by atoms with van der Waals surface area (Å²) < 4.78 is 5.58. The van der Waals surface area contributed by atoms with Gasteiger partial charge >= 0.3 is 0 Å². The lowest BCUT2D eigenvalue weighted by molar-refractivity contribution is 0.285. The van der Waals surface area contributed by atoms with E-state index in [-0.39, 0.29) is 5.41 Å². The third-order valence-electron chi connectivity index (χ3n) is 4.33. The van der Waals surface area contributed by atoms with Gasteiger partial charge in [0, 0.05) is 24.5 Å². The summed E-state index contributed by atoms with van der Waals surface area (Å²) in [4.78, 5) is 8.83. The molecular weight excluding hydrogens is 252 g/mol. The van der Waals surface area contributed by atoms with Crippen molar-refractivity contribution in [1.29, 1.82) is 0 Å². The molecule has 1 aliphatic rings. The number of pyridine rings is 1. The highest BCUT2D eigenvalue weighted by molar-refractivity contribution is 5.58. The predicted octanol–water partition coefficient (Wildman–Crippen LogP) is 2.34. The lowest BCUT2D eigenvalue weighted by Gasteiger charge is -2.20. The molecule has 1 N–H and O–H groups in total. The van der Waals surface area contributed by atoms with Crippen LogP contribution in [-0.4, -0.2) is 28.2 Å². The van der Waals surface area contributed by atoms with Gasteiger partial charge in [-0.25, -0.2) is 0 Å². The van der Waals surface area contributed by atoms with Gasteiger partial charge in [0.2, 0.25) is 11.7 Å². The van der Waals surface area contributed by atoms with E-state index in [9.17, 15) is 0 Å².